The van der Waals surface area contributed by atoms with Crippen molar-refractivity contribution in [2.24, 2.45) is 7.05 Å². The molecule has 0 unspecified atom stereocenters. The average Bonchev–Trinajstić information content (AvgIpc) is 3.51. The van der Waals surface area contributed by atoms with Gasteiger partial charge in [-0.05, 0) is 75.3 Å². The second-order valence-corrected chi connectivity index (χ2v) is 10.3. The summed E-state index contributed by atoms with van der Waals surface area (Å²) in [5.74, 6) is 0.0139. The third kappa shape index (κ3) is 4.57. The molecule has 0 spiro atoms. The number of nitrogens with one attached hydrogen (secondary N) is 1. The first kappa shape index (κ1) is 24.3. The highest BCUT2D eigenvalue weighted by atomic mass is 35.5. The SMILES string of the molecule is CN1CC[C@H](NC(=O)C2(c3ccc(-c4cccn4C)nn3)CCN(c3ccc(Cl)cc3C#N)CC2)C1. The van der Waals surface area contributed by atoms with Gasteiger partial charge in [0.25, 0.3) is 0 Å². The van der Waals surface area contributed by atoms with E-state index in [-0.39, 0.29) is 11.9 Å². The molecule has 0 bridgehead atoms. The highest BCUT2D eigenvalue weighted by molar-refractivity contribution is 6.30. The minimum atomic E-state index is -0.781. The lowest BCUT2D eigenvalue weighted by Gasteiger charge is -2.41. The van der Waals surface area contributed by atoms with E-state index in [1.807, 2.05) is 48.1 Å². The van der Waals surface area contributed by atoms with Crippen LogP contribution in [-0.4, -0.2) is 64.8 Å². The second kappa shape index (κ2) is 9.92. The van der Waals surface area contributed by atoms with Crippen molar-refractivity contribution in [3.8, 4) is 17.5 Å². The van der Waals surface area contributed by atoms with E-state index >= 15 is 0 Å². The molecule has 2 fully saturated rings. The number of benzene rings is 1. The number of amides is 1. The molecule has 4 heterocycles. The van der Waals surface area contributed by atoms with Crippen LogP contribution in [0.5, 0.6) is 0 Å². The summed E-state index contributed by atoms with van der Waals surface area (Å²) in [6.45, 7) is 3.07. The Balaban J connectivity index is 1.43. The fourth-order valence-electron chi connectivity index (χ4n) is 5.43. The molecule has 2 aliphatic rings. The number of carbonyl (C=O) groups is 1. The van der Waals surface area contributed by atoms with Crippen molar-refractivity contribution in [3.05, 3.63) is 64.9 Å². The van der Waals surface area contributed by atoms with Gasteiger partial charge in [-0.25, -0.2) is 0 Å². The van der Waals surface area contributed by atoms with Crippen molar-refractivity contribution >= 4 is 23.2 Å². The Morgan fingerprint density at radius 2 is 1.94 bits per heavy atom. The number of anilines is 1. The van der Waals surface area contributed by atoms with Crippen molar-refractivity contribution in [1.29, 1.82) is 5.26 Å². The molecule has 0 saturated carbocycles. The van der Waals surface area contributed by atoms with Crippen LogP contribution in [0.15, 0.2) is 48.7 Å². The van der Waals surface area contributed by atoms with E-state index in [1.165, 1.54) is 0 Å². The van der Waals surface area contributed by atoms with Crippen LogP contribution < -0.4 is 10.2 Å². The van der Waals surface area contributed by atoms with Gasteiger partial charge in [0, 0.05) is 43.9 Å². The largest absolute Gasteiger partial charge is 0.370 e. The zero-order valence-corrected chi connectivity index (χ0v) is 21.4. The van der Waals surface area contributed by atoms with Crippen molar-refractivity contribution in [3.63, 3.8) is 0 Å². The third-order valence-corrected chi connectivity index (χ3v) is 7.79. The second-order valence-electron chi connectivity index (χ2n) is 9.87. The third-order valence-electron chi connectivity index (χ3n) is 7.56. The number of aromatic nitrogens is 3. The number of likely N-dealkylation sites (tertiary alicyclic amines) is 1. The minimum Gasteiger partial charge on any atom is -0.370 e. The predicted molar refractivity (Wildman–Crippen MR) is 140 cm³/mol. The molecule has 2 saturated heterocycles. The van der Waals surface area contributed by atoms with Gasteiger partial charge in [0.15, 0.2) is 0 Å². The number of hydrogen-bond donors (Lipinski definition) is 1. The smallest absolute Gasteiger partial charge is 0.232 e. The van der Waals surface area contributed by atoms with Gasteiger partial charge in [-0.1, -0.05) is 11.6 Å². The number of aryl methyl sites for hydroxylation is 1. The topological polar surface area (TPSA) is 90.1 Å². The molecule has 2 aromatic heterocycles. The van der Waals surface area contributed by atoms with E-state index in [4.69, 9.17) is 11.6 Å². The van der Waals surface area contributed by atoms with Gasteiger partial charge in [-0.3, -0.25) is 4.79 Å². The number of halogens is 1. The lowest BCUT2D eigenvalue weighted by atomic mass is 9.74. The van der Waals surface area contributed by atoms with Gasteiger partial charge in [0.1, 0.15) is 11.8 Å². The first-order valence-electron chi connectivity index (χ1n) is 12.3. The van der Waals surface area contributed by atoms with Crippen molar-refractivity contribution in [1.82, 2.24) is 25.0 Å². The number of hydrogen-bond acceptors (Lipinski definition) is 6. The summed E-state index contributed by atoms with van der Waals surface area (Å²) < 4.78 is 2.00. The zero-order valence-electron chi connectivity index (χ0n) is 20.6. The van der Waals surface area contributed by atoms with Crippen molar-refractivity contribution in [2.75, 3.05) is 38.1 Å². The quantitative estimate of drug-likeness (QED) is 0.574. The van der Waals surface area contributed by atoms with E-state index in [2.05, 4.69) is 38.4 Å². The Bertz CT molecular complexity index is 1290. The highest BCUT2D eigenvalue weighted by Crippen LogP contribution is 2.38. The predicted octanol–water partition coefficient (Wildman–Crippen LogP) is 3.37. The van der Waals surface area contributed by atoms with Crippen LogP contribution in [0.2, 0.25) is 5.02 Å². The Labute approximate surface area is 216 Å². The fraction of sp³-hybridized carbons (Fsp3) is 0.407. The standard InChI is InChI=1S/C27H30ClN7O/c1-33-13-9-21(18-33)30-26(36)27(25-8-6-22(31-32-25)24-4-3-12-34(24)2)10-14-35(15-11-27)23-7-5-20(28)16-19(23)17-29/h3-8,12,16,21H,9-11,13-15,18H2,1-2H3,(H,30,36)/t21-/m0/s1. The monoisotopic (exact) mass is 503 g/mol. The van der Waals surface area contributed by atoms with Gasteiger partial charge in [0.05, 0.1) is 28.1 Å². The molecular formula is C27H30ClN7O. The molecule has 3 aromatic rings. The summed E-state index contributed by atoms with van der Waals surface area (Å²) in [6, 6.07) is 15.6. The summed E-state index contributed by atoms with van der Waals surface area (Å²) in [5.41, 5.74) is 3.05. The molecule has 9 heteroatoms. The molecular weight excluding hydrogens is 474 g/mol. The normalized spacial score (nSPS) is 19.7. The lowest BCUT2D eigenvalue weighted by Crippen LogP contribution is -2.54. The summed E-state index contributed by atoms with van der Waals surface area (Å²) in [5, 5.41) is 22.6. The summed E-state index contributed by atoms with van der Waals surface area (Å²) in [6.07, 6.45) is 4.07. The summed E-state index contributed by atoms with van der Waals surface area (Å²) in [7, 11) is 4.05. The van der Waals surface area contributed by atoms with Crippen LogP contribution in [0.4, 0.5) is 5.69 Å². The number of rotatable bonds is 5. The number of nitrogens with zero attached hydrogens (tertiary/aromatic N) is 6. The highest BCUT2D eigenvalue weighted by Gasteiger charge is 2.45. The maximum atomic E-state index is 13.9. The van der Waals surface area contributed by atoms with E-state index in [0.29, 0.717) is 42.2 Å². The summed E-state index contributed by atoms with van der Waals surface area (Å²) >= 11 is 6.11. The average molecular weight is 504 g/mol. The van der Waals surface area contributed by atoms with Gasteiger partial charge in [-0.2, -0.15) is 10.4 Å². The van der Waals surface area contributed by atoms with E-state index < -0.39 is 5.41 Å². The lowest BCUT2D eigenvalue weighted by molar-refractivity contribution is -0.128. The Morgan fingerprint density at radius 3 is 2.56 bits per heavy atom. The van der Waals surface area contributed by atoms with Gasteiger partial charge in [0.2, 0.25) is 5.91 Å². The molecule has 1 atom stereocenters. The Hall–Kier alpha value is -3.41. The van der Waals surface area contributed by atoms with Crippen LogP contribution in [0, 0.1) is 11.3 Å². The van der Waals surface area contributed by atoms with Crippen LogP contribution in [-0.2, 0) is 17.3 Å². The maximum Gasteiger partial charge on any atom is 0.232 e. The molecule has 8 nitrogen and oxygen atoms in total. The molecule has 186 valence electrons. The number of carbonyl (C=O) groups excluding carboxylic acids is 1. The van der Waals surface area contributed by atoms with Gasteiger partial charge < -0.3 is 19.7 Å². The van der Waals surface area contributed by atoms with Crippen LogP contribution >= 0.6 is 11.6 Å². The van der Waals surface area contributed by atoms with Crippen LogP contribution in [0.25, 0.3) is 11.4 Å². The molecule has 5 rings (SSSR count). The zero-order chi connectivity index (χ0) is 25.3. The first-order chi connectivity index (χ1) is 17.4. The molecule has 1 aromatic carbocycles. The number of nitriles is 1. The Morgan fingerprint density at radius 1 is 1.14 bits per heavy atom. The van der Waals surface area contributed by atoms with Crippen LogP contribution in [0.1, 0.15) is 30.5 Å². The first-order valence-corrected chi connectivity index (χ1v) is 12.7. The van der Waals surface area contributed by atoms with Crippen molar-refractivity contribution in [2.45, 2.75) is 30.7 Å². The molecule has 1 N–H and O–H groups in total. The molecule has 0 aliphatic carbocycles. The van der Waals surface area contributed by atoms with Gasteiger partial charge >= 0.3 is 0 Å². The Kier molecular flexibility index (Phi) is 6.69. The fourth-order valence-corrected chi connectivity index (χ4v) is 5.60. The maximum absolute atomic E-state index is 13.9. The molecule has 1 amide bonds. The van der Waals surface area contributed by atoms with Gasteiger partial charge in [-0.15, -0.1) is 5.10 Å². The van der Waals surface area contributed by atoms with E-state index in [1.54, 1.807) is 12.1 Å². The van der Waals surface area contributed by atoms with E-state index in [0.717, 1.165) is 36.6 Å². The molecule has 2 aliphatic heterocycles. The summed E-state index contributed by atoms with van der Waals surface area (Å²) in [4.78, 5) is 18.3. The van der Waals surface area contributed by atoms with E-state index in [9.17, 15) is 10.1 Å². The van der Waals surface area contributed by atoms with Crippen LogP contribution in [0.3, 0.4) is 0 Å². The minimum absolute atomic E-state index is 0.0139. The molecule has 36 heavy (non-hydrogen) atoms. The van der Waals surface area contributed by atoms with Crippen molar-refractivity contribution < 1.29 is 4.79 Å². The number of likely N-dealkylation sites (N-methyl/N-ethyl adjacent to an activating group) is 1. The molecule has 0 radical (unpaired) electrons. The number of piperidine rings is 1.